The molecule has 2 rings (SSSR count). The number of hydrogen-bond donors (Lipinski definition) is 0. The van der Waals surface area contributed by atoms with Gasteiger partial charge in [0.05, 0.1) is 12.7 Å². The third-order valence-electron chi connectivity index (χ3n) is 2.76. The first-order valence-electron chi connectivity index (χ1n) is 5.08. The zero-order chi connectivity index (χ0) is 11.7. The first-order chi connectivity index (χ1) is 7.65. The number of aryl methyl sites for hydroxylation is 1. The summed E-state index contributed by atoms with van der Waals surface area (Å²) in [6, 6.07) is 3.54. The van der Waals surface area contributed by atoms with Gasteiger partial charge in [0.25, 0.3) is 0 Å². The Labute approximate surface area is 102 Å². The molecule has 0 aliphatic heterocycles. The summed E-state index contributed by atoms with van der Waals surface area (Å²) in [5, 5.41) is 0. The molecule has 0 bridgehead atoms. The Bertz CT molecular complexity index is 466. The van der Waals surface area contributed by atoms with Crippen molar-refractivity contribution in [1.29, 1.82) is 0 Å². The summed E-state index contributed by atoms with van der Waals surface area (Å²) in [5.74, 6) is -0.327. The monoisotopic (exact) mass is 282 g/mol. The molecular formula is C12H11BrO3. The van der Waals surface area contributed by atoms with Crippen LogP contribution in [0.4, 0.5) is 0 Å². The maximum absolute atomic E-state index is 11.8. The molecule has 4 heteroatoms. The number of hydrogen-bond acceptors (Lipinski definition) is 3. The van der Waals surface area contributed by atoms with Crippen LogP contribution < -0.4 is 0 Å². The third-order valence-corrected chi connectivity index (χ3v) is 3.59. The molecule has 0 spiro atoms. The molecule has 1 aromatic rings. The summed E-state index contributed by atoms with van der Waals surface area (Å²) in [6.07, 6.45) is 2.33. The SMILES string of the molecule is COC(=O)c1ccc2c(c1Br)C(=O)CCC2. The molecule has 0 aromatic heterocycles. The van der Waals surface area contributed by atoms with Crippen LogP contribution in [0, 0.1) is 0 Å². The highest BCUT2D eigenvalue weighted by atomic mass is 79.9. The molecule has 0 fully saturated rings. The van der Waals surface area contributed by atoms with Crippen molar-refractivity contribution in [3.05, 3.63) is 33.3 Å². The number of methoxy groups -OCH3 is 1. The molecule has 0 radical (unpaired) electrons. The lowest BCUT2D eigenvalue weighted by molar-refractivity contribution is 0.0599. The Morgan fingerprint density at radius 2 is 2.12 bits per heavy atom. The minimum Gasteiger partial charge on any atom is -0.465 e. The number of halogens is 1. The van der Waals surface area contributed by atoms with Gasteiger partial charge in [-0.15, -0.1) is 0 Å². The van der Waals surface area contributed by atoms with Gasteiger partial charge < -0.3 is 4.74 Å². The largest absolute Gasteiger partial charge is 0.465 e. The number of ketones is 1. The Balaban J connectivity index is 2.57. The van der Waals surface area contributed by atoms with Crippen LogP contribution >= 0.6 is 15.9 Å². The smallest absolute Gasteiger partial charge is 0.339 e. The lowest BCUT2D eigenvalue weighted by Crippen LogP contribution is -2.14. The van der Waals surface area contributed by atoms with Crippen LogP contribution in [0.25, 0.3) is 0 Å². The molecule has 84 valence electrons. The van der Waals surface area contributed by atoms with Crippen molar-refractivity contribution in [2.24, 2.45) is 0 Å². The van der Waals surface area contributed by atoms with Crippen LogP contribution in [0.2, 0.25) is 0 Å². The molecule has 0 heterocycles. The number of rotatable bonds is 1. The normalized spacial score (nSPS) is 14.5. The molecule has 1 aromatic carbocycles. The van der Waals surface area contributed by atoms with E-state index in [4.69, 9.17) is 0 Å². The second kappa shape index (κ2) is 4.37. The first-order valence-corrected chi connectivity index (χ1v) is 5.87. The standard InChI is InChI=1S/C12H11BrO3/c1-16-12(15)8-6-5-7-3-2-4-9(14)10(7)11(8)13/h5-6H,2-4H2,1H3. The van der Waals surface area contributed by atoms with E-state index >= 15 is 0 Å². The fourth-order valence-electron chi connectivity index (χ4n) is 1.96. The number of carbonyl (C=O) groups excluding carboxylic acids is 2. The van der Waals surface area contributed by atoms with Gasteiger partial charge in [-0.05, 0) is 40.4 Å². The highest BCUT2D eigenvalue weighted by Crippen LogP contribution is 2.31. The summed E-state index contributed by atoms with van der Waals surface area (Å²) in [7, 11) is 1.33. The predicted octanol–water partition coefficient (Wildman–Crippen LogP) is 2.75. The molecule has 0 atom stereocenters. The Kier molecular flexibility index (Phi) is 3.10. The molecule has 1 aliphatic carbocycles. The summed E-state index contributed by atoms with van der Waals surface area (Å²) < 4.78 is 5.23. The quantitative estimate of drug-likeness (QED) is 0.744. The second-order valence-corrected chi connectivity index (χ2v) is 4.52. The molecule has 0 unspecified atom stereocenters. The van der Waals surface area contributed by atoms with Crippen molar-refractivity contribution in [2.75, 3.05) is 7.11 Å². The Morgan fingerprint density at radius 3 is 2.81 bits per heavy atom. The van der Waals surface area contributed by atoms with Crippen LogP contribution in [0.3, 0.4) is 0 Å². The van der Waals surface area contributed by atoms with Crippen LogP contribution in [-0.2, 0) is 11.2 Å². The Hall–Kier alpha value is -1.16. The molecule has 16 heavy (non-hydrogen) atoms. The minimum absolute atomic E-state index is 0.0962. The summed E-state index contributed by atoms with van der Waals surface area (Å²) >= 11 is 3.33. The van der Waals surface area contributed by atoms with Gasteiger partial charge in [-0.25, -0.2) is 4.79 Å². The van der Waals surface area contributed by atoms with Crippen molar-refractivity contribution in [1.82, 2.24) is 0 Å². The van der Waals surface area contributed by atoms with Crippen LogP contribution in [0.15, 0.2) is 16.6 Å². The van der Waals surface area contributed by atoms with Crippen LogP contribution in [-0.4, -0.2) is 18.9 Å². The maximum atomic E-state index is 11.8. The summed E-state index contributed by atoms with van der Waals surface area (Å²) in [6.45, 7) is 0. The van der Waals surface area contributed by atoms with E-state index in [0.29, 0.717) is 22.0 Å². The number of Topliss-reactive ketones (excluding diaryl/α,β-unsaturated/α-hetero) is 1. The van der Waals surface area contributed by atoms with E-state index in [1.807, 2.05) is 6.07 Å². The van der Waals surface area contributed by atoms with Gasteiger partial charge in [-0.2, -0.15) is 0 Å². The molecule has 0 amide bonds. The van der Waals surface area contributed by atoms with Crippen molar-refractivity contribution in [2.45, 2.75) is 19.3 Å². The summed E-state index contributed by atoms with van der Waals surface area (Å²) in [5.41, 5.74) is 2.07. The van der Waals surface area contributed by atoms with Gasteiger partial charge in [0.1, 0.15) is 0 Å². The highest BCUT2D eigenvalue weighted by molar-refractivity contribution is 9.10. The number of carbonyl (C=O) groups is 2. The minimum atomic E-state index is -0.423. The number of esters is 1. The van der Waals surface area contributed by atoms with Crippen LogP contribution in [0.1, 0.15) is 39.1 Å². The van der Waals surface area contributed by atoms with E-state index in [2.05, 4.69) is 20.7 Å². The van der Waals surface area contributed by atoms with Crippen molar-refractivity contribution in [3.63, 3.8) is 0 Å². The van der Waals surface area contributed by atoms with Gasteiger partial charge in [-0.1, -0.05) is 6.07 Å². The number of benzene rings is 1. The number of fused-ring (bicyclic) bond motifs is 1. The van der Waals surface area contributed by atoms with E-state index in [9.17, 15) is 9.59 Å². The Morgan fingerprint density at radius 1 is 1.38 bits per heavy atom. The topological polar surface area (TPSA) is 43.4 Å². The fourth-order valence-corrected chi connectivity index (χ4v) is 2.73. The molecule has 3 nitrogen and oxygen atoms in total. The number of ether oxygens (including phenoxy) is 1. The van der Waals surface area contributed by atoms with Crippen LogP contribution in [0.5, 0.6) is 0 Å². The predicted molar refractivity (Wildman–Crippen MR) is 62.8 cm³/mol. The fraction of sp³-hybridized carbons (Fsp3) is 0.333. The molecule has 1 aliphatic rings. The molecular weight excluding hydrogens is 272 g/mol. The lowest BCUT2D eigenvalue weighted by atomic mass is 9.89. The van der Waals surface area contributed by atoms with Crippen molar-refractivity contribution >= 4 is 27.7 Å². The van der Waals surface area contributed by atoms with Gasteiger partial charge in [0.2, 0.25) is 0 Å². The first kappa shape index (κ1) is 11.3. The maximum Gasteiger partial charge on any atom is 0.339 e. The van der Waals surface area contributed by atoms with E-state index in [1.165, 1.54) is 7.11 Å². The van der Waals surface area contributed by atoms with E-state index < -0.39 is 5.97 Å². The van der Waals surface area contributed by atoms with E-state index in [0.717, 1.165) is 18.4 Å². The zero-order valence-electron chi connectivity index (χ0n) is 8.88. The van der Waals surface area contributed by atoms with Gasteiger partial charge in [0.15, 0.2) is 5.78 Å². The summed E-state index contributed by atoms with van der Waals surface area (Å²) in [4.78, 5) is 23.3. The highest BCUT2D eigenvalue weighted by Gasteiger charge is 2.24. The van der Waals surface area contributed by atoms with Crippen molar-refractivity contribution < 1.29 is 14.3 Å². The average Bonchev–Trinajstić information content (AvgIpc) is 2.28. The lowest BCUT2D eigenvalue weighted by Gasteiger charge is -2.17. The van der Waals surface area contributed by atoms with Gasteiger partial charge in [0, 0.05) is 16.5 Å². The molecule has 0 saturated heterocycles. The van der Waals surface area contributed by atoms with E-state index in [-0.39, 0.29) is 5.78 Å². The van der Waals surface area contributed by atoms with Gasteiger partial charge >= 0.3 is 5.97 Å². The zero-order valence-corrected chi connectivity index (χ0v) is 10.5. The van der Waals surface area contributed by atoms with E-state index in [1.54, 1.807) is 6.07 Å². The van der Waals surface area contributed by atoms with Gasteiger partial charge in [-0.3, -0.25) is 4.79 Å². The molecule has 0 N–H and O–H groups in total. The third kappa shape index (κ3) is 1.78. The second-order valence-electron chi connectivity index (χ2n) is 3.73. The molecule has 0 saturated carbocycles. The van der Waals surface area contributed by atoms with Crippen molar-refractivity contribution in [3.8, 4) is 0 Å². The average molecular weight is 283 g/mol.